The normalized spacial score (nSPS) is 18.3. The maximum absolute atomic E-state index is 13.1. The lowest BCUT2D eigenvalue weighted by molar-refractivity contribution is -0.131. The van der Waals surface area contributed by atoms with E-state index in [0.717, 1.165) is 57.2 Å². The molecule has 2 N–H and O–H groups in total. The average Bonchev–Trinajstić information content (AvgIpc) is 2.80. The number of hydrogen-bond acceptors (Lipinski definition) is 4. The van der Waals surface area contributed by atoms with Crippen molar-refractivity contribution < 1.29 is 9.18 Å². The van der Waals surface area contributed by atoms with E-state index in [4.69, 9.17) is 0 Å². The first-order chi connectivity index (χ1) is 15.5. The van der Waals surface area contributed by atoms with Crippen molar-refractivity contribution in [3.8, 4) is 0 Å². The number of hydrogen-bond donors (Lipinski definition) is 2. The van der Waals surface area contributed by atoms with Gasteiger partial charge >= 0.3 is 0 Å². The zero-order valence-corrected chi connectivity index (χ0v) is 22.6. The summed E-state index contributed by atoms with van der Waals surface area (Å²) in [7, 11) is 0. The van der Waals surface area contributed by atoms with Crippen molar-refractivity contribution in [3.05, 3.63) is 30.1 Å². The van der Waals surface area contributed by atoms with E-state index in [0.29, 0.717) is 38.1 Å². The van der Waals surface area contributed by atoms with Crippen molar-refractivity contribution in [1.82, 2.24) is 20.4 Å². The quantitative estimate of drug-likeness (QED) is 0.298. The highest BCUT2D eigenvalue weighted by molar-refractivity contribution is 14.0. The van der Waals surface area contributed by atoms with E-state index >= 15 is 0 Å². The molecule has 2 aliphatic heterocycles. The second-order valence-electron chi connectivity index (χ2n) is 8.90. The third-order valence-corrected chi connectivity index (χ3v) is 6.36. The van der Waals surface area contributed by atoms with Gasteiger partial charge in [0.2, 0.25) is 5.91 Å². The van der Waals surface area contributed by atoms with Gasteiger partial charge in [0.25, 0.3) is 0 Å². The second-order valence-corrected chi connectivity index (χ2v) is 8.90. The fraction of sp³-hybridized carbons (Fsp3) is 0.667. The molecule has 2 fully saturated rings. The van der Waals surface area contributed by atoms with Gasteiger partial charge in [-0.2, -0.15) is 0 Å². The monoisotopic (exact) mass is 574 g/mol. The molecule has 0 aliphatic carbocycles. The number of anilines is 1. The Bertz CT molecular complexity index is 744. The molecule has 0 bridgehead atoms. The molecular weight excluding hydrogens is 534 g/mol. The zero-order valence-electron chi connectivity index (χ0n) is 20.2. The number of nitrogens with one attached hydrogen (secondary N) is 2. The van der Waals surface area contributed by atoms with Crippen molar-refractivity contribution in [2.45, 2.75) is 52.1 Å². The van der Waals surface area contributed by atoms with Gasteiger partial charge in [-0.25, -0.2) is 4.39 Å². The number of guanidine groups is 1. The fourth-order valence-electron chi connectivity index (χ4n) is 4.36. The number of amides is 1. The van der Waals surface area contributed by atoms with Crippen LogP contribution in [-0.2, 0) is 4.79 Å². The van der Waals surface area contributed by atoms with Gasteiger partial charge in [0.05, 0.1) is 6.54 Å². The minimum Gasteiger partial charge on any atom is -0.368 e. The molecule has 33 heavy (non-hydrogen) atoms. The molecule has 0 aromatic heterocycles. The molecule has 186 valence electrons. The highest BCUT2D eigenvalue weighted by atomic mass is 127. The van der Waals surface area contributed by atoms with E-state index < -0.39 is 0 Å². The first kappa shape index (κ1) is 27.6. The van der Waals surface area contributed by atoms with Gasteiger partial charge in [-0.3, -0.25) is 9.79 Å². The summed E-state index contributed by atoms with van der Waals surface area (Å²) in [6, 6.07) is 7.58. The van der Waals surface area contributed by atoms with Gasteiger partial charge in [0.15, 0.2) is 5.96 Å². The SMILES string of the molecule is CCNC(=NCCC(=O)N1CCN(c2ccc(F)cc2)CC1)NC1CCN(C(C)C)CC1.I. The Hall–Kier alpha value is -1.62. The van der Waals surface area contributed by atoms with Crippen LogP contribution in [0.2, 0.25) is 0 Å². The first-order valence-electron chi connectivity index (χ1n) is 12.0. The lowest BCUT2D eigenvalue weighted by Crippen LogP contribution is -2.50. The molecule has 2 heterocycles. The Morgan fingerprint density at radius 2 is 1.73 bits per heavy atom. The van der Waals surface area contributed by atoms with Crippen molar-refractivity contribution in [3.63, 3.8) is 0 Å². The molecule has 0 unspecified atom stereocenters. The average molecular weight is 575 g/mol. The number of rotatable bonds is 7. The number of aliphatic imine (C=N–C) groups is 1. The van der Waals surface area contributed by atoms with E-state index in [1.165, 1.54) is 12.1 Å². The van der Waals surface area contributed by atoms with Crippen LogP contribution in [0.4, 0.5) is 10.1 Å². The predicted octanol–water partition coefficient (Wildman–Crippen LogP) is 2.91. The van der Waals surface area contributed by atoms with Gasteiger partial charge < -0.3 is 25.3 Å². The smallest absolute Gasteiger partial charge is 0.224 e. The number of benzene rings is 1. The zero-order chi connectivity index (χ0) is 22.9. The van der Waals surface area contributed by atoms with E-state index in [1.807, 2.05) is 4.90 Å². The summed E-state index contributed by atoms with van der Waals surface area (Å²) in [5, 5.41) is 6.86. The van der Waals surface area contributed by atoms with Crippen molar-refractivity contribution in [1.29, 1.82) is 0 Å². The summed E-state index contributed by atoms with van der Waals surface area (Å²) in [5.74, 6) is 0.730. The highest BCUT2D eigenvalue weighted by Crippen LogP contribution is 2.17. The molecule has 0 atom stereocenters. The Morgan fingerprint density at radius 3 is 2.30 bits per heavy atom. The third-order valence-electron chi connectivity index (χ3n) is 6.36. The van der Waals surface area contributed by atoms with Crippen LogP contribution < -0.4 is 15.5 Å². The molecular formula is C24H40FIN6O. The summed E-state index contributed by atoms with van der Waals surface area (Å²) in [6.07, 6.45) is 2.64. The molecule has 7 nitrogen and oxygen atoms in total. The number of halogens is 2. The number of piperazine rings is 1. The van der Waals surface area contributed by atoms with Crippen LogP contribution in [0, 0.1) is 5.82 Å². The molecule has 1 amide bonds. The van der Waals surface area contributed by atoms with E-state index in [1.54, 1.807) is 12.1 Å². The van der Waals surface area contributed by atoms with Gasteiger partial charge in [0.1, 0.15) is 5.82 Å². The number of likely N-dealkylation sites (tertiary alicyclic amines) is 1. The topological polar surface area (TPSA) is 63.2 Å². The summed E-state index contributed by atoms with van der Waals surface area (Å²) < 4.78 is 13.1. The molecule has 9 heteroatoms. The van der Waals surface area contributed by atoms with Crippen LogP contribution in [0.15, 0.2) is 29.3 Å². The Labute approximate surface area is 215 Å². The minimum absolute atomic E-state index is 0. The maximum atomic E-state index is 13.1. The Kier molecular flexibility index (Phi) is 11.7. The van der Waals surface area contributed by atoms with E-state index in [9.17, 15) is 9.18 Å². The van der Waals surface area contributed by atoms with Crippen molar-refractivity contribution >= 4 is 41.5 Å². The lowest BCUT2D eigenvalue weighted by Gasteiger charge is -2.36. The van der Waals surface area contributed by atoms with Crippen molar-refractivity contribution in [2.24, 2.45) is 4.99 Å². The van der Waals surface area contributed by atoms with Crippen LogP contribution in [0.1, 0.15) is 40.0 Å². The van der Waals surface area contributed by atoms with Gasteiger partial charge in [-0.05, 0) is 57.9 Å². The van der Waals surface area contributed by atoms with E-state index in [2.05, 4.69) is 46.2 Å². The molecule has 1 aromatic carbocycles. The summed E-state index contributed by atoms with van der Waals surface area (Å²) in [5.41, 5.74) is 1.00. The summed E-state index contributed by atoms with van der Waals surface area (Å²) in [4.78, 5) is 23.9. The van der Waals surface area contributed by atoms with E-state index in [-0.39, 0.29) is 35.7 Å². The minimum atomic E-state index is -0.226. The largest absolute Gasteiger partial charge is 0.368 e. The van der Waals surface area contributed by atoms with Crippen LogP contribution in [0.3, 0.4) is 0 Å². The van der Waals surface area contributed by atoms with Crippen molar-refractivity contribution in [2.75, 3.05) is 57.3 Å². The number of carbonyl (C=O) groups excluding carboxylic acids is 1. The molecule has 2 saturated heterocycles. The fourth-order valence-corrected chi connectivity index (χ4v) is 4.36. The molecule has 0 spiro atoms. The number of nitrogens with zero attached hydrogens (tertiary/aromatic N) is 4. The molecule has 0 saturated carbocycles. The van der Waals surface area contributed by atoms with Gasteiger partial charge in [-0.15, -0.1) is 24.0 Å². The highest BCUT2D eigenvalue weighted by Gasteiger charge is 2.22. The second kappa shape index (κ2) is 13.9. The molecule has 3 rings (SSSR count). The molecule has 0 radical (unpaired) electrons. The summed E-state index contributed by atoms with van der Waals surface area (Å²) >= 11 is 0. The Morgan fingerprint density at radius 1 is 1.09 bits per heavy atom. The molecule has 1 aromatic rings. The number of carbonyl (C=O) groups is 1. The maximum Gasteiger partial charge on any atom is 0.224 e. The first-order valence-corrected chi connectivity index (χ1v) is 12.0. The van der Waals surface area contributed by atoms with Crippen LogP contribution >= 0.6 is 24.0 Å². The standard InChI is InChI=1S/C24H39FN6O.HI/c1-4-26-24(28-21-10-13-29(14-11-21)19(2)3)27-12-9-23(32)31-17-15-30(16-18-31)22-7-5-20(25)6-8-22;/h5-8,19,21H,4,9-18H2,1-3H3,(H2,26,27,28);1H. The van der Waals surface area contributed by atoms with Crippen LogP contribution in [0.25, 0.3) is 0 Å². The third kappa shape index (κ3) is 8.59. The van der Waals surface area contributed by atoms with Crippen LogP contribution in [-0.4, -0.2) is 86.1 Å². The number of piperidine rings is 1. The lowest BCUT2D eigenvalue weighted by atomic mass is 10.0. The van der Waals surface area contributed by atoms with Gasteiger partial charge in [0, 0.05) is 70.0 Å². The summed E-state index contributed by atoms with van der Waals surface area (Å²) in [6.45, 7) is 13.0. The van der Waals surface area contributed by atoms with Gasteiger partial charge in [-0.1, -0.05) is 0 Å². The Balaban J connectivity index is 0.00000385. The predicted molar refractivity (Wildman–Crippen MR) is 144 cm³/mol. The molecule has 2 aliphatic rings. The van der Waals surface area contributed by atoms with Crippen LogP contribution in [0.5, 0.6) is 0 Å².